The van der Waals surface area contributed by atoms with Gasteiger partial charge in [0, 0.05) is 6.92 Å². The van der Waals surface area contributed by atoms with E-state index in [-0.39, 0.29) is 12.1 Å². The Morgan fingerprint density at radius 3 is 2.50 bits per heavy atom. The standard InChI is InChI=1S/C30H48O2/c1-19(2)20(3)8-9-21(4)26-12-13-27-25-11-10-23-18-24(32-22(5)31)14-16-29(23,6)28(25)15-17-30(26,27)7/h8-9,13,19-21,23-26,28H,10-12,14-18H2,1-7H3/b9-8+/t20-,21+,23+,24+,25-,26+,28-,29-,30+/m0/s1. The summed E-state index contributed by atoms with van der Waals surface area (Å²) in [7, 11) is 0. The summed E-state index contributed by atoms with van der Waals surface area (Å²) in [5.41, 5.74) is 2.65. The minimum atomic E-state index is -0.103. The second-order valence-corrected chi connectivity index (χ2v) is 12.8. The molecule has 4 aliphatic rings. The Morgan fingerprint density at radius 1 is 1.06 bits per heavy atom. The van der Waals surface area contributed by atoms with Crippen molar-refractivity contribution in [2.75, 3.05) is 0 Å². The molecular weight excluding hydrogens is 392 g/mol. The largest absolute Gasteiger partial charge is 0.463 e. The first-order chi connectivity index (χ1) is 15.1. The SMILES string of the molecule is CC(=O)O[C@@H]1CC[C@@]2(C)[C@H](CC[C@H]3C4=CC[C@H]([C@H](C)/C=C/[C@H](C)C(C)C)[C@@]4(C)CC[C@@H]32)C1. The third kappa shape index (κ3) is 4.14. The zero-order valence-corrected chi connectivity index (χ0v) is 21.8. The van der Waals surface area contributed by atoms with Crippen LogP contribution in [0.2, 0.25) is 0 Å². The highest BCUT2D eigenvalue weighted by Crippen LogP contribution is 2.66. The third-order valence-electron chi connectivity index (χ3n) is 10.8. The quantitative estimate of drug-likeness (QED) is 0.320. The number of rotatable bonds is 5. The Kier molecular flexibility index (Phi) is 6.74. The number of carbonyl (C=O) groups is 1. The van der Waals surface area contributed by atoms with Gasteiger partial charge in [0.2, 0.25) is 0 Å². The van der Waals surface area contributed by atoms with Gasteiger partial charge in [-0.3, -0.25) is 4.79 Å². The van der Waals surface area contributed by atoms with E-state index in [9.17, 15) is 4.79 Å². The number of hydrogen-bond donors (Lipinski definition) is 0. The van der Waals surface area contributed by atoms with Crippen LogP contribution in [0.1, 0.15) is 99.8 Å². The molecule has 0 heterocycles. The van der Waals surface area contributed by atoms with E-state index in [1.807, 2.05) is 5.57 Å². The summed E-state index contributed by atoms with van der Waals surface area (Å²) < 4.78 is 5.64. The van der Waals surface area contributed by atoms with Crippen LogP contribution in [0.25, 0.3) is 0 Å². The number of carbonyl (C=O) groups excluding carboxylic acids is 1. The lowest BCUT2D eigenvalue weighted by molar-refractivity contribution is -0.155. The molecule has 0 saturated heterocycles. The summed E-state index contributed by atoms with van der Waals surface area (Å²) in [5.74, 6) is 5.02. The van der Waals surface area contributed by atoms with Gasteiger partial charge in [0.25, 0.3) is 0 Å². The monoisotopic (exact) mass is 440 g/mol. The first-order valence-corrected chi connectivity index (χ1v) is 13.6. The van der Waals surface area contributed by atoms with Gasteiger partial charge in [0.1, 0.15) is 6.10 Å². The van der Waals surface area contributed by atoms with E-state index in [1.165, 1.54) is 38.5 Å². The van der Waals surface area contributed by atoms with Crippen molar-refractivity contribution in [2.24, 2.45) is 52.3 Å². The van der Waals surface area contributed by atoms with Crippen molar-refractivity contribution >= 4 is 5.97 Å². The molecule has 9 atom stereocenters. The van der Waals surface area contributed by atoms with Gasteiger partial charge in [-0.05, 0) is 104 Å². The van der Waals surface area contributed by atoms with Crippen molar-refractivity contribution in [3.63, 3.8) is 0 Å². The Hall–Kier alpha value is -1.05. The van der Waals surface area contributed by atoms with Crippen LogP contribution in [0, 0.1) is 52.3 Å². The molecule has 0 N–H and O–H groups in total. The van der Waals surface area contributed by atoms with Gasteiger partial charge in [-0.2, -0.15) is 0 Å². The Labute approximate surface area is 197 Å². The highest BCUT2D eigenvalue weighted by molar-refractivity contribution is 5.66. The van der Waals surface area contributed by atoms with Crippen LogP contribution in [-0.4, -0.2) is 12.1 Å². The molecule has 0 spiro atoms. The topological polar surface area (TPSA) is 26.3 Å². The Balaban J connectivity index is 1.48. The highest BCUT2D eigenvalue weighted by atomic mass is 16.5. The highest BCUT2D eigenvalue weighted by Gasteiger charge is 2.58. The fourth-order valence-electron chi connectivity index (χ4n) is 8.43. The van der Waals surface area contributed by atoms with Crippen LogP contribution in [0.5, 0.6) is 0 Å². The van der Waals surface area contributed by atoms with Crippen molar-refractivity contribution in [1.82, 2.24) is 0 Å². The first-order valence-electron chi connectivity index (χ1n) is 13.6. The van der Waals surface area contributed by atoms with Crippen LogP contribution in [0.4, 0.5) is 0 Å². The number of esters is 1. The van der Waals surface area contributed by atoms with E-state index in [0.29, 0.717) is 28.6 Å². The van der Waals surface area contributed by atoms with E-state index in [1.54, 1.807) is 6.92 Å². The number of fused-ring (bicyclic) bond motifs is 5. The molecular formula is C30H48O2. The lowest BCUT2D eigenvalue weighted by Gasteiger charge is -2.60. The number of hydrogen-bond acceptors (Lipinski definition) is 2. The summed E-state index contributed by atoms with van der Waals surface area (Å²) in [6.07, 6.45) is 17.9. The molecule has 0 aromatic heterocycles. The molecule has 0 aliphatic heterocycles. The molecule has 180 valence electrons. The predicted molar refractivity (Wildman–Crippen MR) is 133 cm³/mol. The van der Waals surface area contributed by atoms with Crippen molar-refractivity contribution < 1.29 is 9.53 Å². The van der Waals surface area contributed by atoms with E-state index in [2.05, 4.69) is 59.8 Å². The molecule has 2 heteroatoms. The average Bonchev–Trinajstić information content (AvgIpc) is 3.08. The van der Waals surface area contributed by atoms with Crippen molar-refractivity contribution in [3.05, 3.63) is 23.8 Å². The molecule has 0 bridgehead atoms. The molecule has 0 aromatic rings. The second kappa shape index (κ2) is 8.95. The van der Waals surface area contributed by atoms with Crippen LogP contribution >= 0.6 is 0 Å². The maximum atomic E-state index is 11.5. The van der Waals surface area contributed by atoms with E-state index in [4.69, 9.17) is 4.74 Å². The molecule has 3 saturated carbocycles. The van der Waals surface area contributed by atoms with Gasteiger partial charge in [0.15, 0.2) is 0 Å². The minimum absolute atomic E-state index is 0.103. The summed E-state index contributed by atoms with van der Waals surface area (Å²) in [6, 6.07) is 0. The van der Waals surface area contributed by atoms with Gasteiger partial charge in [-0.25, -0.2) is 0 Å². The van der Waals surface area contributed by atoms with E-state index in [0.717, 1.165) is 36.5 Å². The second-order valence-electron chi connectivity index (χ2n) is 12.8. The Bertz CT molecular complexity index is 763. The molecule has 3 fully saturated rings. The molecule has 0 unspecified atom stereocenters. The number of allylic oxidation sites excluding steroid dienone is 4. The number of ether oxygens (including phenoxy) is 1. The molecule has 0 radical (unpaired) electrons. The zero-order chi connectivity index (χ0) is 23.3. The van der Waals surface area contributed by atoms with Crippen LogP contribution in [-0.2, 0) is 9.53 Å². The van der Waals surface area contributed by atoms with Gasteiger partial charge in [-0.15, -0.1) is 0 Å². The van der Waals surface area contributed by atoms with E-state index >= 15 is 0 Å². The van der Waals surface area contributed by atoms with Crippen LogP contribution in [0.15, 0.2) is 23.8 Å². The fourth-order valence-corrected chi connectivity index (χ4v) is 8.43. The molecule has 32 heavy (non-hydrogen) atoms. The normalized spacial score (nSPS) is 43.2. The third-order valence-corrected chi connectivity index (χ3v) is 10.8. The lowest BCUT2D eigenvalue weighted by atomic mass is 9.45. The van der Waals surface area contributed by atoms with Gasteiger partial charge < -0.3 is 4.74 Å². The van der Waals surface area contributed by atoms with Gasteiger partial charge in [0.05, 0.1) is 0 Å². The summed E-state index contributed by atoms with van der Waals surface area (Å²) in [5, 5.41) is 0. The predicted octanol–water partition coefficient (Wildman–Crippen LogP) is 7.98. The molecule has 4 rings (SSSR count). The van der Waals surface area contributed by atoms with Crippen molar-refractivity contribution in [1.29, 1.82) is 0 Å². The molecule has 4 aliphatic carbocycles. The molecule has 0 aromatic carbocycles. The summed E-state index contributed by atoms with van der Waals surface area (Å²) in [4.78, 5) is 11.5. The van der Waals surface area contributed by atoms with Crippen LogP contribution in [0.3, 0.4) is 0 Å². The maximum absolute atomic E-state index is 11.5. The summed E-state index contributed by atoms with van der Waals surface area (Å²) >= 11 is 0. The summed E-state index contributed by atoms with van der Waals surface area (Å²) in [6.45, 7) is 16.2. The van der Waals surface area contributed by atoms with Gasteiger partial charge in [-0.1, -0.05) is 65.3 Å². The van der Waals surface area contributed by atoms with E-state index < -0.39 is 0 Å². The van der Waals surface area contributed by atoms with Crippen molar-refractivity contribution in [3.8, 4) is 0 Å². The fraction of sp³-hybridized carbons (Fsp3) is 0.833. The maximum Gasteiger partial charge on any atom is 0.302 e. The smallest absolute Gasteiger partial charge is 0.302 e. The first kappa shape index (κ1) is 24.1. The zero-order valence-electron chi connectivity index (χ0n) is 21.8. The average molecular weight is 441 g/mol. The molecule has 0 amide bonds. The van der Waals surface area contributed by atoms with Crippen LogP contribution < -0.4 is 0 Å². The minimum Gasteiger partial charge on any atom is -0.463 e. The Morgan fingerprint density at radius 2 is 1.81 bits per heavy atom. The molecule has 2 nitrogen and oxygen atoms in total. The van der Waals surface area contributed by atoms with Gasteiger partial charge >= 0.3 is 5.97 Å². The van der Waals surface area contributed by atoms with Crippen molar-refractivity contribution in [2.45, 2.75) is 106 Å². The lowest BCUT2D eigenvalue weighted by Crippen LogP contribution is -2.52.